The van der Waals surface area contributed by atoms with Crippen molar-refractivity contribution in [3.05, 3.63) is 54.0 Å². The van der Waals surface area contributed by atoms with Crippen molar-refractivity contribution in [1.29, 1.82) is 0 Å². The van der Waals surface area contributed by atoms with Gasteiger partial charge in [0.25, 0.3) is 5.91 Å². The quantitative estimate of drug-likeness (QED) is 0.727. The summed E-state index contributed by atoms with van der Waals surface area (Å²) in [6, 6.07) is 11.0. The van der Waals surface area contributed by atoms with Gasteiger partial charge in [0.15, 0.2) is 0 Å². The molecular weight excluding hydrogens is 365 g/mol. The number of carbonyl (C=O) groups excluding carboxylic acids is 1. The zero-order valence-electron chi connectivity index (χ0n) is 15.1. The van der Waals surface area contributed by atoms with Crippen molar-refractivity contribution in [2.75, 3.05) is 20.2 Å². The Morgan fingerprint density at radius 1 is 1.18 bits per heavy atom. The molecule has 0 bridgehead atoms. The molecular formula is C19H18FN5O3. The van der Waals surface area contributed by atoms with Crippen LogP contribution in [0.2, 0.25) is 0 Å². The van der Waals surface area contributed by atoms with E-state index in [0.717, 1.165) is 5.56 Å². The number of likely N-dealkylation sites (tertiary alicyclic amines) is 1. The molecule has 28 heavy (non-hydrogen) atoms. The van der Waals surface area contributed by atoms with Gasteiger partial charge in [-0.2, -0.15) is 5.10 Å². The molecule has 4 rings (SSSR count). The molecule has 8 nitrogen and oxygen atoms in total. The molecule has 1 unspecified atom stereocenters. The molecule has 0 saturated carbocycles. The molecule has 3 heterocycles. The Morgan fingerprint density at radius 3 is 2.64 bits per heavy atom. The first-order valence-corrected chi connectivity index (χ1v) is 8.77. The van der Waals surface area contributed by atoms with E-state index in [1.807, 2.05) is 0 Å². The highest BCUT2D eigenvalue weighted by molar-refractivity contribution is 5.93. The van der Waals surface area contributed by atoms with Crippen LogP contribution in [0.5, 0.6) is 11.8 Å². The van der Waals surface area contributed by atoms with Gasteiger partial charge in [0.2, 0.25) is 11.8 Å². The van der Waals surface area contributed by atoms with Crippen LogP contribution in [0.1, 0.15) is 16.9 Å². The van der Waals surface area contributed by atoms with Crippen LogP contribution in [-0.2, 0) is 0 Å². The Morgan fingerprint density at radius 2 is 1.93 bits per heavy atom. The van der Waals surface area contributed by atoms with Crippen LogP contribution >= 0.6 is 0 Å². The lowest BCUT2D eigenvalue weighted by atomic mass is 10.1. The normalized spacial score (nSPS) is 16.2. The second kappa shape index (κ2) is 7.63. The van der Waals surface area contributed by atoms with Crippen LogP contribution in [0.4, 0.5) is 4.39 Å². The van der Waals surface area contributed by atoms with Crippen LogP contribution in [0, 0.1) is 5.82 Å². The predicted octanol–water partition coefficient (Wildman–Crippen LogP) is 2.31. The van der Waals surface area contributed by atoms with Gasteiger partial charge in [0, 0.05) is 30.7 Å². The van der Waals surface area contributed by atoms with E-state index in [-0.39, 0.29) is 17.8 Å². The number of amides is 1. The molecule has 144 valence electrons. The van der Waals surface area contributed by atoms with E-state index in [9.17, 15) is 9.18 Å². The van der Waals surface area contributed by atoms with Crippen molar-refractivity contribution < 1.29 is 18.7 Å². The Bertz CT molecular complexity index is 958. The van der Waals surface area contributed by atoms with Crippen LogP contribution < -0.4 is 9.47 Å². The van der Waals surface area contributed by atoms with Gasteiger partial charge in [-0.25, -0.2) is 4.39 Å². The Balaban J connectivity index is 1.38. The van der Waals surface area contributed by atoms with E-state index in [2.05, 4.69) is 20.4 Å². The van der Waals surface area contributed by atoms with Gasteiger partial charge < -0.3 is 14.4 Å². The van der Waals surface area contributed by atoms with E-state index in [0.29, 0.717) is 42.7 Å². The lowest BCUT2D eigenvalue weighted by molar-refractivity contribution is 0.0765. The third-order valence-corrected chi connectivity index (χ3v) is 4.49. The van der Waals surface area contributed by atoms with Crippen LogP contribution in [0.15, 0.2) is 42.5 Å². The number of aromatic amines is 1. The molecule has 1 N–H and O–H groups in total. The molecule has 0 spiro atoms. The number of nitrogens with one attached hydrogen (secondary N) is 1. The molecule has 1 aliphatic rings. The fourth-order valence-corrected chi connectivity index (χ4v) is 3.03. The second-order valence-electron chi connectivity index (χ2n) is 6.37. The van der Waals surface area contributed by atoms with Crippen molar-refractivity contribution in [2.45, 2.75) is 12.5 Å². The second-order valence-corrected chi connectivity index (χ2v) is 6.37. The van der Waals surface area contributed by atoms with E-state index in [4.69, 9.17) is 9.47 Å². The number of hydrogen-bond acceptors (Lipinski definition) is 6. The molecule has 1 fully saturated rings. The number of aromatic nitrogens is 4. The monoisotopic (exact) mass is 383 g/mol. The smallest absolute Gasteiger partial charge is 0.272 e. The molecule has 1 aromatic carbocycles. The summed E-state index contributed by atoms with van der Waals surface area (Å²) in [4.78, 5) is 14.4. The Kier molecular flexibility index (Phi) is 4.88. The van der Waals surface area contributed by atoms with Crippen molar-refractivity contribution >= 4 is 5.91 Å². The van der Waals surface area contributed by atoms with E-state index in [1.165, 1.54) is 19.2 Å². The topological polar surface area (TPSA) is 93.2 Å². The first kappa shape index (κ1) is 17.9. The van der Waals surface area contributed by atoms with E-state index < -0.39 is 0 Å². The average molecular weight is 383 g/mol. The molecule has 2 aromatic heterocycles. The summed E-state index contributed by atoms with van der Waals surface area (Å²) < 4.78 is 23.8. The van der Waals surface area contributed by atoms with Crippen LogP contribution in [-0.4, -0.2) is 57.5 Å². The number of methoxy groups -OCH3 is 1. The molecule has 1 aliphatic heterocycles. The Hall–Kier alpha value is -3.49. The summed E-state index contributed by atoms with van der Waals surface area (Å²) in [5, 5.41) is 14.7. The number of halogens is 1. The van der Waals surface area contributed by atoms with E-state index in [1.54, 1.807) is 35.2 Å². The maximum Gasteiger partial charge on any atom is 0.272 e. The fourth-order valence-electron chi connectivity index (χ4n) is 3.03. The predicted molar refractivity (Wildman–Crippen MR) is 97.5 cm³/mol. The number of hydrogen-bond donors (Lipinski definition) is 1. The summed E-state index contributed by atoms with van der Waals surface area (Å²) in [7, 11) is 1.52. The number of carbonyl (C=O) groups is 1. The minimum Gasteiger partial charge on any atom is -0.480 e. The third kappa shape index (κ3) is 3.78. The summed E-state index contributed by atoms with van der Waals surface area (Å²) in [5.74, 6) is 0.319. The highest BCUT2D eigenvalue weighted by Gasteiger charge is 2.29. The summed E-state index contributed by atoms with van der Waals surface area (Å²) in [5.41, 5.74) is 1.70. The first-order chi connectivity index (χ1) is 13.6. The lowest BCUT2D eigenvalue weighted by Gasteiger charge is -2.15. The molecule has 0 radical (unpaired) electrons. The van der Waals surface area contributed by atoms with Gasteiger partial charge in [0.05, 0.1) is 19.3 Å². The third-order valence-electron chi connectivity index (χ3n) is 4.49. The van der Waals surface area contributed by atoms with Crippen LogP contribution in [0.3, 0.4) is 0 Å². The van der Waals surface area contributed by atoms with Gasteiger partial charge in [0.1, 0.15) is 17.6 Å². The number of nitrogens with zero attached hydrogens (tertiary/aromatic N) is 4. The standard InChI is InChI=1S/C19H18FN5O3/c1-27-17-6-7-18(24-23-17)28-14-8-9-25(11-14)19(26)16-10-15(21-22-16)12-2-4-13(20)5-3-12/h2-7,10,14H,8-9,11H2,1H3,(H,21,22). The van der Waals surface area contributed by atoms with Gasteiger partial charge in [-0.3, -0.25) is 9.89 Å². The van der Waals surface area contributed by atoms with E-state index >= 15 is 0 Å². The van der Waals surface area contributed by atoms with Gasteiger partial charge >= 0.3 is 0 Å². The highest BCUT2D eigenvalue weighted by Crippen LogP contribution is 2.21. The van der Waals surface area contributed by atoms with Gasteiger partial charge in [-0.1, -0.05) is 0 Å². The summed E-state index contributed by atoms with van der Waals surface area (Å²) in [6.45, 7) is 1.01. The minimum absolute atomic E-state index is 0.159. The van der Waals surface area contributed by atoms with Crippen LogP contribution in [0.25, 0.3) is 11.3 Å². The molecule has 9 heteroatoms. The number of rotatable bonds is 5. The molecule has 1 atom stereocenters. The molecule has 1 amide bonds. The molecule has 0 aliphatic carbocycles. The largest absolute Gasteiger partial charge is 0.480 e. The van der Waals surface area contributed by atoms with Crippen molar-refractivity contribution in [2.24, 2.45) is 0 Å². The molecule has 3 aromatic rings. The average Bonchev–Trinajstić information content (AvgIpc) is 3.39. The number of ether oxygens (including phenoxy) is 2. The van der Waals surface area contributed by atoms with Crippen molar-refractivity contribution in [3.63, 3.8) is 0 Å². The lowest BCUT2D eigenvalue weighted by Crippen LogP contribution is -2.31. The van der Waals surface area contributed by atoms with Gasteiger partial charge in [-0.05, 0) is 30.3 Å². The summed E-state index contributed by atoms with van der Waals surface area (Å²) >= 11 is 0. The summed E-state index contributed by atoms with van der Waals surface area (Å²) in [6.07, 6.45) is 0.532. The minimum atomic E-state index is -0.319. The maximum absolute atomic E-state index is 13.1. The Labute approximate surface area is 160 Å². The molecule has 1 saturated heterocycles. The zero-order valence-corrected chi connectivity index (χ0v) is 15.1. The number of benzene rings is 1. The highest BCUT2D eigenvalue weighted by atomic mass is 19.1. The number of H-pyrrole nitrogens is 1. The zero-order chi connectivity index (χ0) is 19.5. The van der Waals surface area contributed by atoms with Crippen molar-refractivity contribution in [1.82, 2.24) is 25.3 Å². The fraction of sp³-hybridized carbons (Fsp3) is 0.263. The SMILES string of the molecule is COc1ccc(OC2CCN(C(=O)c3cc(-c4ccc(F)cc4)n[nH]3)C2)nn1. The van der Waals surface area contributed by atoms with Crippen molar-refractivity contribution in [3.8, 4) is 23.0 Å². The maximum atomic E-state index is 13.1. The van der Waals surface area contributed by atoms with Gasteiger partial charge in [-0.15, -0.1) is 10.2 Å². The first-order valence-electron chi connectivity index (χ1n) is 8.77.